The Morgan fingerprint density at radius 3 is 2.78 bits per heavy atom. The third-order valence-corrected chi connectivity index (χ3v) is 5.12. The molecule has 0 atom stereocenters. The van der Waals surface area contributed by atoms with Crippen molar-refractivity contribution in [3.8, 4) is 0 Å². The number of amides is 1. The van der Waals surface area contributed by atoms with Crippen LogP contribution in [0.2, 0.25) is 0 Å². The van der Waals surface area contributed by atoms with Crippen molar-refractivity contribution in [1.29, 1.82) is 0 Å². The number of hydrogen-bond acceptors (Lipinski definition) is 6. The Morgan fingerprint density at radius 2 is 2.07 bits per heavy atom. The van der Waals surface area contributed by atoms with Crippen LogP contribution in [0.4, 0.5) is 0 Å². The fourth-order valence-corrected chi connectivity index (χ4v) is 3.52. The van der Waals surface area contributed by atoms with Crippen molar-refractivity contribution in [3.63, 3.8) is 0 Å². The monoisotopic (exact) mass is 388 g/mol. The minimum atomic E-state index is -0.530. The molecule has 142 valence electrons. The van der Waals surface area contributed by atoms with E-state index in [0.717, 1.165) is 16.1 Å². The highest BCUT2D eigenvalue weighted by molar-refractivity contribution is 7.98. The van der Waals surface area contributed by atoms with Crippen LogP contribution in [0.1, 0.15) is 21.8 Å². The van der Waals surface area contributed by atoms with Crippen molar-refractivity contribution in [3.05, 3.63) is 62.3 Å². The highest BCUT2D eigenvalue weighted by atomic mass is 32.2. The molecule has 3 aromatic rings. The molecule has 0 saturated heterocycles. The summed E-state index contributed by atoms with van der Waals surface area (Å²) in [7, 11) is 2.92. The van der Waals surface area contributed by atoms with E-state index in [4.69, 9.17) is 4.42 Å². The van der Waals surface area contributed by atoms with E-state index in [1.54, 1.807) is 31.0 Å². The number of carbonyl (C=O) groups excluding carboxylic acids is 1. The van der Waals surface area contributed by atoms with Gasteiger partial charge in [0.15, 0.2) is 0 Å². The van der Waals surface area contributed by atoms with Crippen molar-refractivity contribution in [2.45, 2.75) is 12.7 Å². The summed E-state index contributed by atoms with van der Waals surface area (Å²) in [5.74, 6) is 1.94. The van der Waals surface area contributed by atoms with Gasteiger partial charge < -0.3 is 9.73 Å². The quantitative estimate of drug-likeness (QED) is 0.637. The Hall–Kier alpha value is -2.81. The molecule has 0 radical (unpaired) electrons. The molecule has 0 aliphatic rings. The van der Waals surface area contributed by atoms with E-state index < -0.39 is 11.2 Å². The van der Waals surface area contributed by atoms with Gasteiger partial charge >= 0.3 is 5.69 Å². The van der Waals surface area contributed by atoms with Gasteiger partial charge in [0.1, 0.15) is 11.4 Å². The number of nitrogens with zero attached hydrogens (tertiary/aromatic N) is 3. The Morgan fingerprint density at radius 1 is 1.30 bits per heavy atom. The summed E-state index contributed by atoms with van der Waals surface area (Å²) in [6.45, 7) is 2.16. The molecule has 0 aliphatic carbocycles. The lowest BCUT2D eigenvalue weighted by Crippen LogP contribution is -2.39. The second-order valence-corrected chi connectivity index (χ2v) is 7.21. The van der Waals surface area contributed by atoms with Gasteiger partial charge in [0.25, 0.3) is 11.5 Å². The molecule has 8 nitrogen and oxygen atoms in total. The van der Waals surface area contributed by atoms with Crippen molar-refractivity contribution >= 4 is 28.7 Å². The SMILES string of the molecule is Cc1cc(C(=O)NCCSCc2ccco2)c2c(=O)n(C)c(=O)n(C)c2n1. The summed E-state index contributed by atoms with van der Waals surface area (Å²) < 4.78 is 7.52. The number of nitrogens with one attached hydrogen (secondary N) is 1. The molecule has 0 aromatic carbocycles. The van der Waals surface area contributed by atoms with Crippen molar-refractivity contribution in [2.75, 3.05) is 12.3 Å². The maximum Gasteiger partial charge on any atom is 0.332 e. The van der Waals surface area contributed by atoms with Gasteiger partial charge in [-0.15, -0.1) is 0 Å². The Balaban J connectivity index is 1.80. The molecule has 1 N–H and O–H groups in total. The number of aromatic nitrogens is 3. The number of carbonyl (C=O) groups is 1. The normalized spacial score (nSPS) is 11.1. The van der Waals surface area contributed by atoms with Gasteiger partial charge in [0.05, 0.1) is 23.0 Å². The molecule has 3 aromatic heterocycles. The fourth-order valence-electron chi connectivity index (χ4n) is 2.76. The van der Waals surface area contributed by atoms with Crippen LogP contribution < -0.4 is 16.6 Å². The topological polar surface area (TPSA) is 99.1 Å². The van der Waals surface area contributed by atoms with Crippen molar-refractivity contribution in [1.82, 2.24) is 19.4 Å². The van der Waals surface area contributed by atoms with Crippen LogP contribution >= 0.6 is 11.8 Å². The molecular formula is C18H20N4O4S. The largest absolute Gasteiger partial charge is 0.468 e. The number of pyridine rings is 1. The van der Waals surface area contributed by atoms with Gasteiger partial charge in [-0.05, 0) is 25.1 Å². The second kappa shape index (κ2) is 7.83. The van der Waals surface area contributed by atoms with E-state index in [1.807, 2.05) is 12.1 Å². The lowest BCUT2D eigenvalue weighted by Gasteiger charge is -2.12. The molecule has 0 bridgehead atoms. The van der Waals surface area contributed by atoms with Crippen LogP contribution in [0.3, 0.4) is 0 Å². The highest BCUT2D eigenvalue weighted by Gasteiger charge is 2.18. The van der Waals surface area contributed by atoms with Crippen molar-refractivity contribution in [2.24, 2.45) is 14.1 Å². The van der Waals surface area contributed by atoms with E-state index in [2.05, 4.69) is 10.3 Å². The predicted octanol–water partition coefficient (Wildman–Crippen LogP) is 1.20. The predicted molar refractivity (Wildman–Crippen MR) is 104 cm³/mol. The molecule has 27 heavy (non-hydrogen) atoms. The Kier molecular flexibility index (Phi) is 5.50. The lowest BCUT2D eigenvalue weighted by molar-refractivity contribution is 0.0957. The first kappa shape index (κ1) is 19.0. The zero-order valence-corrected chi connectivity index (χ0v) is 16.1. The highest BCUT2D eigenvalue weighted by Crippen LogP contribution is 2.14. The van der Waals surface area contributed by atoms with Gasteiger partial charge in [-0.3, -0.25) is 18.7 Å². The minimum absolute atomic E-state index is 0.144. The molecule has 0 aliphatic heterocycles. The summed E-state index contributed by atoms with van der Waals surface area (Å²) in [5, 5.41) is 2.97. The smallest absolute Gasteiger partial charge is 0.332 e. The number of rotatable bonds is 6. The molecule has 0 spiro atoms. The zero-order valence-electron chi connectivity index (χ0n) is 15.3. The van der Waals surface area contributed by atoms with Gasteiger partial charge in [-0.2, -0.15) is 11.8 Å². The molecule has 3 rings (SSSR count). The number of thioether (sulfide) groups is 1. The summed E-state index contributed by atoms with van der Waals surface area (Å²) in [4.78, 5) is 41.6. The maximum atomic E-state index is 12.7. The number of hydrogen-bond donors (Lipinski definition) is 1. The van der Waals surface area contributed by atoms with Gasteiger partial charge in [0.2, 0.25) is 0 Å². The van der Waals surface area contributed by atoms with Gasteiger partial charge in [0, 0.05) is 32.1 Å². The third kappa shape index (κ3) is 3.82. The number of furan rings is 1. The molecule has 0 unspecified atom stereocenters. The number of aryl methyl sites for hydroxylation is 2. The van der Waals surface area contributed by atoms with Crippen LogP contribution in [0.5, 0.6) is 0 Å². The average molecular weight is 388 g/mol. The van der Waals surface area contributed by atoms with Crippen LogP contribution in [-0.2, 0) is 19.8 Å². The van der Waals surface area contributed by atoms with E-state index in [-0.39, 0.29) is 22.5 Å². The van der Waals surface area contributed by atoms with E-state index in [1.165, 1.54) is 18.7 Å². The third-order valence-electron chi connectivity index (χ3n) is 4.14. The molecule has 0 saturated carbocycles. The zero-order chi connectivity index (χ0) is 19.6. The molecule has 9 heteroatoms. The van der Waals surface area contributed by atoms with E-state index in [0.29, 0.717) is 18.0 Å². The van der Waals surface area contributed by atoms with Gasteiger partial charge in [-0.1, -0.05) is 0 Å². The summed E-state index contributed by atoms with van der Waals surface area (Å²) in [6.07, 6.45) is 1.63. The Bertz CT molecular complexity index is 1100. The van der Waals surface area contributed by atoms with Crippen LogP contribution in [-0.4, -0.2) is 32.3 Å². The summed E-state index contributed by atoms with van der Waals surface area (Å²) in [6, 6.07) is 5.30. The standard InChI is InChI=1S/C18H20N4O4S/c1-11-9-13(14-15(20-11)21(2)18(25)22(3)17(14)24)16(23)19-6-8-27-10-12-5-4-7-26-12/h4-5,7,9H,6,8,10H2,1-3H3,(H,19,23). The van der Waals surface area contributed by atoms with E-state index >= 15 is 0 Å². The van der Waals surface area contributed by atoms with Crippen LogP contribution in [0.15, 0.2) is 38.5 Å². The number of fused-ring (bicyclic) bond motifs is 1. The first-order valence-corrected chi connectivity index (χ1v) is 9.51. The minimum Gasteiger partial charge on any atom is -0.468 e. The second-order valence-electron chi connectivity index (χ2n) is 6.10. The molecule has 0 fully saturated rings. The lowest BCUT2D eigenvalue weighted by atomic mass is 10.1. The summed E-state index contributed by atoms with van der Waals surface area (Å²) in [5.41, 5.74) is -0.0162. The van der Waals surface area contributed by atoms with Crippen LogP contribution in [0, 0.1) is 6.92 Å². The molecule has 3 heterocycles. The first-order valence-electron chi connectivity index (χ1n) is 8.36. The fraction of sp³-hybridized carbons (Fsp3) is 0.333. The average Bonchev–Trinajstić information content (AvgIpc) is 3.17. The van der Waals surface area contributed by atoms with Crippen LogP contribution in [0.25, 0.3) is 11.0 Å². The Labute approximate surface area is 159 Å². The maximum absolute atomic E-state index is 12.7. The summed E-state index contributed by atoms with van der Waals surface area (Å²) >= 11 is 1.63. The van der Waals surface area contributed by atoms with Crippen molar-refractivity contribution < 1.29 is 9.21 Å². The molecular weight excluding hydrogens is 368 g/mol. The molecule has 1 amide bonds. The first-order chi connectivity index (χ1) is 12.9. The van der Waals surface area contributed by atoms with Gasteiger partial charge in [-0.25, -0.2) is 9.78 Å². The van der Waals surface area contributed by atoms with E-state index in [9.17, 15) is 14.4 Å².